The fourth-order valence-electron chi connectivity index (χ4n) is 3.72. The van der Waals surface area contributed by atoms with Gasteiger partial charge < -0.3 is 9.64 Å². The Labute approximate surface area is 168 Å². The maximum absolute atomic E-state index is 11.7. The molecule has 0 amide bonds. The zero-order valence-electron chi connectivity index (χ0n) is 15.2. The van der Waals surface area contributed by atoms with Crippen LogP contribution >= 0.6 is 22.9 Å². The molecular formula is C17H23ClN4O3S2. The summed E-state index contributed by atoms with van der Waals surface area (Å²) in [6.07, 6.45) is 2.75. The number of anilines is 1. The normalized spacial score (nSPS) is 20.4. The Morgan fingerprint density at radius 3 is 2.59 bits per heavy atom. The summed E-state index contributed by atoms with van der Waals surface area (Å²) in [7, 11) is -2.94. The van der Waals surface area contributed by atoms with E-state index in [1.807, 2.05) is 0 Å². The molecule has 2 saturated heterocycles. The van der Waals surface area contributed by atoms with E-state index in [-0.39, 0.29) is 10.5 Å². The first-order valence-corrected chi connectivity index (χ1v) is 12.2. The molecule has 0 atom stereocenters. The summed E-state index contributed by atoms with van der Waals surface area (Å²) in [5.41, 5.74) is 0.877. The van der Waals surface area contributed by atoms with Gasteiger partial charge in [-0.15, -0.1) is 11.3 Å². The number of rotatable bonds is 4. The molecule has 0 aromatic carbocycles. The number of fused-ring (bicyclic) bond motifs is 1. The lowest BCUT2D eigenvalue weighted by Crippen LogP contribution is -2.38. The van der Waals surface area contributed by atoms with Crippen LogP contribution in [0.5, 0.6) is 0 Å². The van der Waals surface area contributed by atoms with Crippen LogP contribution in [0.3, 0.4) is 0 Å². The summed E-state index contributed by atoms with van der Waals surface area (Å²) >= 11 is 7.86. The number of aromatic nitrogens is 2. The summed E-state index contributed by atoms with van der Waals surface area (Å²) in [5, 5.41) is 0.0658. The van der Waals surface area contributed by atoms with Gasteiger partial charge in [-0.3, -0.25) is 4.90 Å². The minimum absolute atomic E-state index is 0.200. The van der Waals surface area contributed by atoms with Crippen LogP contribution < -0.4 is 4.90 Å². The van der Waals surface area contributed by atoms with E-state index in [0.717, 1.165) is 48.8 Å². The van der Waals surface area contributed by atoms with Gasteiger partial charge in [-0.05, 0) is 43.6 Å². The Hall–Kier alpha value is -1.00. The zero-order chi connectivity index (χ0) is 19.0. The van der Waals surface area contributed by atoms with Gasteiger partial charge in [0.25, 0.3) is 0 Å². The molecule has 0 aliphatic carbocycles. The summed E-state index contributed by atoms with van der Waals surface area (Å²) in [6, 6.07) is 2.08. The first-order chi connectivity index (χ1) is 12.9. The maximum Gasteiger partial charge on any atom is 0.224 e. The van der Waals surface area contributed by atoms with Crippen molar-refractivity contribution in [2.75, 3.05) is 50.5 Å². The van der Waals surface area contributed by atoms with Crippen molar-refractivity contribution < 1.29 is 13.2 Å². The molecule has 0 saturated carbocycles. The second-order valence-corrected chi connectivity index (χ2v) is 10.9. The molecule has 4 rings (SSSR count). The second kappa shape index (κ2) is 7.79. The Balaban J connectivity index is 1.52. The first kappa shape index (κ1) is 19.3. The number of nitrogens with zero attached hydrogens (tertiary/aromatic N) is 4. The number of halogens is 1. The number of thiophene rings is 1. The third-order valence-corrected chi connectivity index (χ3v) is 8.16. The fraction of sp³-hybridized carbons (Fsp3) is 0.647. The third kappa shape index (κ3) is 4.37. The number of hydrogen-bond acceptors (Lipinski definition) is 8. The lowest BCUT2D eigenvalue weighted by molar-refractivity contribution is 0.122. The minimum atomic E-state index is -2.94. The van der Waals surface area contributed by atoms with Crippen molar-refractivity contribution in [2.45, 2.75) is 24.6 Å². The quantitative estimate of drug-likeness (QED) is 0.688. The van der Waals surface area contributed by atoms with E-state index in [2.05, 4.69) is 25.8 Å². The number of ether oxygens (including phenoxy) is 1. The average Bonchev–Trinajstić information content (AvgIpc) is 3.03. The standard InChI is InChI=1S/C17H23ClN4O3S2/c1-27(23,24)13-2-4-21(5-3-13)11-12-10-14-15(26-12)16(20-17(18)19-14)22-6-8-25-9-7-22/h10,13H,2-9,11H2,1H3. The van der Waals surface area contributed by atoms with Gasteiger partial charge in [-0.1, -0.05) is 0 Å². The van der Waals surface area contributed by atoms with Crippen LogP contribution in [-0.4, -0.2) is 74.2 Å². The summed E-state index contributed by atoms with van der Waals surface area (Å²) < 4.78 is 30.0. The highest BCUT2D eigenvalue weighted by atomic mass is 35.5. The Kier molecular flexibility index (Phi) is 5.57. The monoisotopic (exact) mass is 430 g/mol. The molecule has 27 heavy (non-hydrogen) atoms. The molecular weight excluding hydrogens is 408 g/mol. The van der Waals surface area contributed by atoms with Crippen LogP contribution in [0.4, 0.5) is 5.82 Å². The molecule has 10 heteroatoms. The van der Waals surface area contributed by atoms with Gasteiger partial charge in [-0.25, -0.2) is 13.4 Å². The van der Waals surface area contributed by atoms with E-state index >= 15 is 0 Å². The van der Waals surface area contributed by atoms with Crippen LogP contribution in [0.2, 0.25) is 5.28 Å². The van der Waals surface area contributed by atoms with E-state index in [4.69, 9.17) is 16.3 Å². The van der Waals surface area contributed by atoms with Crippen molar-refractivity contribution in [3.8, 4) is 0 Å². The molecule has 0 unspecified atom stereocenters. The first-order valence-electron chi connectivity index (χ1n) is 9.10. The van der Waals surface area contributed by atoms with Gasteiger partial charge in [0, 0.05) is 30.8 Å². The van der Waals surface area contributed by atoms with Gasteiger partial charge in [0.05, 0.1) is 28.7 Å². The highest BCUT2D eigenvalue weighted by Gasteiger charge is 2.27. The SMILES string of the molecule is CS(=O)(=O)C1CCN(Cc2cc3nc(Cl)nc(N4CCOCC4)c3s2)CC1. The Bertz CT molecular complexity index is 920. The van der Waals surface area contributed by atoms with E-state index < -0.39 is 9.84 Å². The zero-order valence-corrected chi connectivity index (χ0v) is 17.6. The fourth-order valence-corrected chi connectivity index (χ4v) is 6.11. The summed E-state index contributed by atoms with van der Waals surface area (Å²) in [6.45, 7) is 5.39. The predicted octanol–water partition coefficient (Wildman–Crippen LogP) is 2.19. The Morgan fingerprint density at radius 1 is 1.22 bits per heavy atom. The van der Waals surface area contributed by atoms with Crippen LogP contribution in [0.25, 0.3) is 10.2 Å². The van der Waals surface area contributed by atoms with E-state index in [1.165, 1.54) is 11.1 Å². The van der Waals surface area contributed by atoms with Gasteiger partial charge in [-0.2, -0.15) is 4.98 Å². The lowest BCUT2D eigenvalue weighted by atomic mass is 10.1. The molecule has 4 heterocycles. The largest absolute Gasteiger partial charge is 0.378 e. The second-order valence-electron chi connectivity index (χ2n) is 7.15. The van der Waals surface area contributed by atoms with Gasteiger partial charge >= 0.3 is 0 Å². The number of sulfone groups is 1. The minimum Gasteiger partial charge on any atom is -0.378 e. The molecule has 0 N–H and O–H groups in total. The highest BCUT2D eigenvalue weighted by molar-refractivity contribution is 7.91. The van der Waals surface area contributed by atoms with Crippen molar-refractivity contribution in [2.24, 2.45) is 0 Å². The number of hydrogen-bond donors (Lipinski definition) is 0. The van der Waals surface area contributed by atoms with Crippen molar-refractivity contribution >= 4 is 48.8 Å². The van der Waals surface area contributed by atoms with E-state index in [9.17, 15) is 8.42 Å². The molecule has 0 radical (unpaired) electrons. The highest BCUT2D eigenvalue weighted by Crippen LogP contribution is 2.34. The van der Waals surface area contributed by atoms with Crippen LogP contribution in [-0.2, 0) is 21.1 Å². The van der Waals surface area contributed by atoms with Crippen molar-refractivity contribution in [1.82, 2.24) is 14.9 Å². The molecule has 2 aromatic rings. The smallest absolute Gasteiger partial charge is 0.224 e. The lowest BCUT2D eigenvalue weighted by Gasteiger charge is -2.30. The predicted molar refractivity (Wildman–Crippen MR) is 109 cm³/mol. The number of likely N-dealkylation sites (tertiary alicyclic amines) is 1. The molecule has 2 fully saturated rings. The van der Waals surface area contributed by atoms with Crippen LogP contribution in [0.15, 0.2) is 6.07 Å². The topological polar surface area (TPSA) is 75.6 Å². The van der Waals surface area contributed by atoms with Crippen LogP contribution in [0, 0.1) is 0 Å². The Morgan fingerprint density at radius 2 is 1.93 bits per heavy atom. The van der Waals surface area contributed by atoms with Crippen LogP contribution in [0.1, 0.15) is 17.7 Å². The maximum atomic E-state index is 11.7. The molecule has 7 nitrogen and oxygen atoms in total. The number of piperidine rings is 1. The van der Waals surface area contributed by atoms with Crippen molar-refractivity contribution in [3.63, 3.8) is 0 Å². The molecule has 2 aliphatic rings. The van der Waals surface area contributed by atoms with Crippen molar-refractivity contribution in [3.05, 3.63) is 16.2 Å². The summed E-state index contributed by atoms with van der Waals surface area (Å²) in [5.74, 6) is 0.889. The van der Waals surface area contributed by atoms with E-state index in [1.54, 1.807) is 11.3 Å². The van der Waals surface area contributed by atoms with Gasteiger partial charge in [0.2, 0.25) is 5.28 Å². The van der Waals surface area contributed by atoms with E-state index in [0.29, 0.717) is 26.1 Å². The van der Waals surface area contributed by atoms with Gasteiger partial charge in [0.15, 0.2) is 5.82 Å². The molecule has 148 valence electrons. The van der Waals surface area contributed by atoms with Crippen molar-refractivity contribution in [1.29, 1.82) is 0 Å². The molecule has 2 aromatic heterocycles. The van der Waals surface area contributed by atoms with Gasteiger partial charge in [0.1, 0.15) is 9.84 Å². The molecule has 0 bridgehead atoms. The summed E-state index contributed by atoms with van der Waals surface area (Å²) in [4.78, 5) is 14.6. The molecule has 2 aliphatic heterocycles. The number of morpholine rings is 1. The average molecular weight is 431 g/mol. The third-order valence-electron chi connectivity index (χ3n) is 5.21. The molecule has 0 spiro atoms.